The summed E-state index contributed by atoms with van der Waals surface area (Å²) in [6.07, 6.45) is 2.02. The topological polar surface area (TPSA) is 42.4 Å². The largest absolute Gasteiger partial charge is 0.492 e. The van der Waals surface area contributed by atoms with Crippen LogP contribution in [0, 0.1) is 0 Å². The first kappa shape index (κ1) is 10.9. The quantitative estimate of drug-likeness (QED) is 0.855. The number of hydrogen-bond acceptors (Lipinski definition) is 3. The number of aromatic nitrogens is 1. The summed E-state index contributed by atoms with van der Waals surface area (Å²) in [7, 11) is 0. The molecule has 3 nitrogen and oxygen atoms in total. The molecule has 0 bridgehead atoms. The first-order valence-corrected chi connectivity index (χ1v) is 5.41. The molecule has 16 heavy (non-hydrogen) atoms. The molecule has 1 unspecified atom stereocenters. The number of para-hydroxylation sites is 1. The SMILES string of the molecule is CC(O)CCOc1cnc2ccccc2c1. The van der Waals surface area contributed by atoms with Crippen molar-refractivity contribution in [2.24, 2.45) is 0 Å². The predicted octanol–water partition coefficient (Wildman–Crippen LogP) is 2.38. The minimum atomic E-state index is -0.326. The van der Waals surface area contributed by atoms with Crippen molar-refractivity contribution >= 4 is 10.9 Å². The Bertz CT molecular complexity index is 468. The first-order valence-electron chi connectivity index (χ1n) is 5.41. The van der Waals surface area contributed by atoms with Gasteiger partial charge in [-0.15, -0.1) is 0 Å². The van der Waals surface area contributed by atoms with Gasteiger partial charge in [-0.1, -0.05) is 18.2 Å². The van der Waals surface area contributed by atoms with Crippen molar-refractivity contribution < 1.29 is 9.84 Å². The summed E-state index contributed by atoms with van der Waals surface area (Å²) in [5.41, 5.74) is 0.963. The Morgan fingerprint density at radius 1 is 1.38 bits per heavy atom. The lowest BCUT2D eigenvalue weighted by Crippen LogP contribution is -2.07. The lowest BCUT2D eigenvalue weighted by molar-refractivity contribution is 0.155. The van der Waals surface area contributed by atoms with Crippen molar-refractivity contribution in [1.82, 2.24) is 4.98 Å². The second-order valence-corrected chi connectivity index (χ2v) is 3.85. The molecule has 0 saturated carbocycles. The number of nitrogens with zero attached hydrogens (tertiary/aromatic N) is 1. The maximum atomic E-state index is 9.11. The highest BCUT2D eigenvalue weighted by molar-refractivity contribution is 5.79. The fourth-order valence-electron chi connectivity index (χ4n) is 1.48. The summed E-state index contributed by atoms with van der Waals surface area (Å²) in [4.78, 5) is 4.29. The third-order valence-corrected chi connectivity index (χ3v) is 2.37. The number of pyridine rings is 1. The summed E-state index contributed by atoms with van der Waals surface area (Å²) in [5.74, 6) is 0.749. The van der Waals surface area contributed by atoms with Crippen LogP contribution in [0.4, 0.5) is 0 Å². The Kier molecular flexibility index (Phi) is 3.37. The smallest absolute Gasteiger partial charge is 0.138 e. The number of aliphatic hydroxyl groups is 1. The molecular weight excluding hydrogens is 202 g/mol. The van der Waals surface area contributed by atoms with Crippen LogP contribution in [-0.2, 0) is 0 Å². The van der Waals surface area contributed by atoms with Gasteiger partial charge < -0.3 is 9.84 Å². The Morgan fingerprint density at radius 2 is 2.19 bits per heavy atom. The zero-order chi connectivity index (χ0) is 11.4. The van der Waals surface area contributed by atoms with Gasteiger partial charge >= 0.3 is 0 Å². The van der Waals surface area contributed by atoms with E-state index in [1.165, 1.54) is 0 Å². The van der Waals surface area contributed by atoms with Crippen LogP contribution in [0.5, 0.6) is 5.75 Å². The molecule has 0 radical (unpaired) electrons. The summed E-state index contributed by atoms with van der Waals surface area (Å²) in [5, 5.41) is 10.2. The molecule has 2 rings (SSSR count). The van der Waals surface area contributed by atoms with E-state index in [0.717, 1.165) is 16.7 Å². The van der Waals surface area contributed by atoms with Gasteiger partial charge in [-0.3, -0.25) is 4.98 Å². The lowest BCUT2D eigenvalue weighted by atomic mass is 10.2. The second-order valence-electron chi connectivity index (χ2n) is 3.85. The summed E-state index contributed by atoms with van der Waals surface area (Å²) in [6, 6.07) is 9.87. The fraction of sp³-hybridized carbons (Fsp3) is 0.308. The number of fused-ring (bicyclic) bond motifs is 1. The Hall–Kier alpha value is -1.61. The molecule has 2 aromatic rings. The molecule has 84 valence electrons. The standard InChI is InChI=1S/C13H15NO2/c1-10(15)6-7-16-12-8-11-4-2-3-5-13(11)14-9-12/h2-5,8-10,15H,6-7H2,1H3. The third kappa shape index (κ3) is 2.70. The lowest BCUT2D eigenvalue weighted by Gasteiger charge is -2.07. The van der Waals surface area contributed by atoms with E-state index >= 15 is 0 Å². The Morgan fingerprint density at radius 3 is 3.00 bits per heavy atom. The minimum absolute atomic E-state index is 0.326. The average molecular weight is 217 g/mol. The first-order chi connectivity index (χ1) is 7.75. The monoisotopic (exact) mass is 217 g/mol. The number of aliphatic hydroxyl groups excluding tert-OH is 1. The highest BCUT2D eigenvalue weighted by Gasteiger charge is 1.99. The maximum Gasteiger partial charge on any atom is 0.138 e. The van der Waals surface area contributed by atoms with Crippen LogP contribution in [-0.4, -0.2) is 22.8 Å². The van der Waals surface area contributed by atoms with Gasteiger partial charge in [-0.05, 0) is 19.1 Å². The molecule has 1 heterocycles. The van der Waals surface area contributed by atoms with Gasteiger partial charge in [0.1, 0.15) is 5.75 Å². The van der Waals surface area contributed by atoms with E-state index in [9.17, 15) is 0 Å². The molecule has 1 N–H and O–H groups in total. The third-order valence-electron chi connectivity index (χ3n) is 2.37. The van der Waals surface area contributed by atoms with E-state index in [2.05, 4.69) is 4.98 Å². The van der Waals surface area contributed by atoms with Gasteiger partial charge in [0.05, 0.1) is 24.4 Å². The van der Waals surface area contributed by atoms with Gasteiger partial charge in [0.2, 0.25) is 0 Å². The van der Waals surface area contributed by atoms with Crippen LogP contribution in [0.15, 0.2) is 36.5 Å². The number of hydrogen-bond donors (Lipinski definition) is 1. The van der Waals surface area contributed by atoms with E-state index in [-0.39, 0.29) is 6.10 Å². The van der Waals surface area contributed by atoms with Crippen molar-refractivity contribution in [2.45, 2.75) is 19.4 Å². The highest BCUT2D eigenvalue weighted by atomic mass is 16.5. The van der Waals surface area contributed by atoms with Gasteiger partial charge in [-0.2, -0.15) is 0 Å². The summed E-state index contributed by atoms with van der Waals surface area (Å²) in [6.45, 7) is 2.26. The molecule has 0 spiro atoms. The van der Waals surface area contributed by atoms with Crippen molar-refractivity contribution in [3.8, 4) is 5.75 Å². The molecule has 0 aliphatic carbocycles. The zero-order valence-corrected chi connectivity index (χ0v) is 9.26. The summed E-state index contributed by atoms with van der Waals surface area (Å²) >= 11 is 0. The summed E-state index contributed by atoms with van der Waals surface area (Å²) < 4.78 is 5.50. The normalized spacial score (nSPS) is 12.6. The molecule has 0 aliphatic rings. The van der Waals surface area contributed by atoms with Crippen LogP contribution in [0.1, 0.15) is 13.3 Å². The van der Waals surface area contributed by atoms with E-state index in [1.807, 2.05) is 30.3 Å². The molecule has 1 aromatic carbocycles. The Labute approximate surface area is 94.7 Å². The van der Waals surface area contributed by atoms with E-state index in [4.69, 9.17) is 9.84 Å². The van der Waals surface area contributed by atoms with Gasteiger partial charge in [-0.25, -0.2) is 0 Å². The van der Waals surface area contributed by atoms with Crippen LogP contribution < -0.4 is 4.74 Å². The average Bonchev–Trinajstić information content (AvgIpc) is 2.28. The predicted molar refractivity (Wildman–Crippen MR) is 63.5 cm³/mol. The van der Waals surface area contributed by atoms with Gasteiger partial charge in [0.25, 0.3) is 0 Å². The highest BCUT2D eigenvalue weighted by Crippen LogP contribution is 2.17. The van der Waals surface area contributed by atoms with E-state index in [0.29, 0.717) is 13.0 Å². The number of benzene rings is 1. The van der Waals surface area contributed by atoms with Crippen LogP contribution >= 0.6 is 0 Å². The Balaban J connectivity index is 2.08. The number of ether oxygens (including phenoxy) is 1. The van der Waals surface area contributed by atoms with Crippen LogP contribution in [0.3, 0.4) is 0 Å². The van der Waals surface area contributed by atoms with Gasteiger partial charge in [0.15, 0.2) is 0 Å². The fourth-order valence-corrected chi connectivity index (χ4v) is 1.48. The van der Waals surface area contributed by atoms with Crippen molar-refractivity contribution in [2.75, 3.05) is 6.61 Å². The molecule has 1 aromatic heterocycles. The molecule has 0 fully saturated rings. The molecule has 3 heteroatoms. The van der Waals surface area contributed by atoms with Crippen molar-refractivity contribution in [3.05, 3.63) is 36.5 Å². The zero-order valence-electron chi connectivity index (χ0n) is 9.26. The van der Waals surface area contributed by atoms with E-state index in [1.54, 1.807) is 13.1 Å². The second kappa shape index (κ2) is 4.94. The minimum Gasteiger partial charge on any atom is -0.492 e. The van der Waals surface area contributed by atoms with Crippen LogP contribution in [0.25, 0.3) is 10.9 Å². The molecule has 0 saturated heterocycles. The van der Waals surface area contributed by atoms with Crippen molar-refractivity contribution in [1.29, 1.82) is 0 Å². The molecular formula is C13H15NO2. The maximum absolute atomic E-state index is 9.11. The number of rotatable bonds is 4. The van der Waals surface area contributed by atoms with Crippen LogP contribution in [0.2, 0.25) is 0 Å². The van der Waals surface area contributed by atoms with Crippen molar-refractivity contribution in [3.63, 3.8) is 0 Å². The van der Waals surface area contributed by atoms with Gasteiger partial charge in [0, 0.05) is 11.8 Å². The molecule has 0 amide bonds. The molecule has 0 aliphatic heterocycles. The van der Waals surface area contributed by atoms with E-state index < -0.39 is 0 Å². The molecule has 1 atom stereocenters.